The van der Waals surface area contributed by atoms with Crippen molar-refractivity contribution in [2.24, 2.45) is 0 Å². The molecule has 88 valence electrons. The van der Waals surface area contributed by atoms with Gasteiger partial charge in [0.05, 0.1) is 0 Å². The molecular formula is C10H15N3O3. The highest BCUT2D eigenvalue weighted by molar-refractivity contribution is 6.44. The zero-order chi connectivity index (χ0) is 11.5. The standard InChI is InChI=1S/C10H15N3O3/c14-8-9(15)13(10(16)11-8)7-3-6-12-4-1-2-5-12/h1-7H2,(H,11,14,16). The van der Waals surface area contributed by atoms with E-state index in [2.05, 4.69) is 4.90 Å². The normalized spacial score (nSPS) is 22.0. The molecule has 0 aromatic heterocycles. The van der Waals surface area contributed by atoms with Gasteiger partial charge in [0.25, 0.3) is 0 Å². The van der Waals surface area contributed by atoms with Crippen LogP contribution in [0, 0.1) is 0 Å². The molecule has 2 saturated heterocycles. The van der Waals surface area contributed by atoms with E-state index >= 15 is 0 Å². The molecule has 2 aliphatic rings. The van der Waals surface area contributed by atoms with E-state index in [1.165, 1.54) is 12.8 Å². The summed E-state index contributed by atoms with van der Waals surface area (Å²) in [5.74, 6) is -1.54. The van der Waals surface area contributed by atoms with Gasteiger partial charge >= 0.3 is 17.8 Å². The fourth-order valence-corrected chi connectivity index (χ4v) is 2.09. The highest BCUT2D eigenvalue weighted by Gasteiger charge is 2.36. The van der Waals surface area contributed by atoms with E-state index < -0.39 is 17.8 Å². The van der Waals surface area contributed by atoms with Gasteiger partial charge in [-0.2, -0.15) is 0 Å². The summed E-state index contributed by atoms with van der Waals surface area (Å²) >= 11 is 0. The van der Waals surface area contributed by atoms with Crippen molar-refractivity contribution in [3.63, 3.8) is 0 Å². The molecule has 0 atom stereocenters. The number of carbonyl (C=O) groups is 3. The van der Waals surface area contributed by atoms with E-state index in [9.17, 15) is 14.4 Å². The molecule has 0 saturated carbocycles. The van der Waals surface area contributed by atoms with Gasteiger partial charge < -0.3 is 4.90 Å². The van der Waals surface area contributed by atoms with Gasteiger partial charge in [-0.1, -0.05) is 0 Å². The molecule has 0 spiro atoms. The minimum Gasteiger partial charge on any atom is -0.303 e. The van der Waals surface area contributed by atoms with Crippen LogP contribution in [-0.4, -0.2) is 53.8 Å². The number of amides is 4. The second kappa shape index (κ2) is 4.61. The van der Waals surface area contributed by atoms with E-state index in [0.29, 0.717) is 6.54 Å². The molecule has 2 fully saturated rings. The van der Waals surface area contributed by atoms with Gasteiger partial charge in [0.15, 0.2) is 0 Å². The molecular weight excluding hydrogens is 210 g/mol. The average Bonchev–Trinajstić information content (AvgIpc) is 2.82. The van der Waals surface area contributed by atoms with Crippen molar-refractivity contribution in [1.82, 2.24) is 15.1 Å². The summed E-state index contributed by atoms with van der Waals surface area (Å²) in [6.45, 7) is 3.40. The average molecular weight is 225 g/mol. The quantitative estimate of drug-likeness (QED) is 0.519. The molecule has 0 aromatic carbocycles. The van der Waals surface area contributed by atoms with Gasteiger partial charge in [0.2, 0.25) is 0 Å². The van der Waals surface area contributed by atoms with Crippen LogP contribution < -0.4 is 5.32 Å². The lowest BCUT2D eigenvalue weighted by Gasteiger charge is -2.16. The first-order valence-electron chi connectivity index (χ1n) is 5.57. The van der Waals surface area contributed by atoms with E-state index in [4.69, 9.17) is 0 Å². The lowest BCUT2D eigenvalue weighted by atomic mass is 10.3. The second-order valence-electron chi connectivity index (χ2n) is 4.12. The predicted octanol–water partition coefficient (Wildman–Crippen LogP) is -0.449. The van der Waals surface area contributed by atoms with E-state index in [1.54, 1.807) is 0 Å². The van der Waals surface area contributed by atoms with Crippen molar-refractivity contribution in [1.29, 1.82) is 0 Å². The maximum Gasteiger partial charge on any atom is 0.331 e. The number of likely N-dealkylation sites (tertiary alicyclic amines) is 1. The third kappa shape index (κ3) is 2.21. The Hall–Kier alpha value is -1.43. The Morgan fingerprint density at radius 3 is 2.31 bits per heavy atom. The highest BCUT2D eigenvalue weighted by atomic mass is 16.2. The van der Waals surface area contributed by atoms with Gasteiger partial charge in [0.1, 0.15) is 0 Å². The molecule has 6 nitrogen and oxygen atoms in total. The largest absolute Gasteiger partial charge is 0.331 e. The van der Waals surface area contributed by atoms with Crippen LogP contribution in [0.1, 0.15) is 19.3 Å². The summed E-state index contributed by atoms with van der Waals surface area (Å²) in [6.07, 6.45) is 3.18. The number of hydrogen-bond acceptors (Lipinski definition) is 4. The third-order valence-corrected chi connectivity index (χ3v) is 2.96. The first-order chi connectivity index (χ1) is 7.68. The monoisotopic (exact) mass is 225 g/mol. The van der Waals surface area contributed by atoms with Gasteiger partial charge in [-0.15, -0.1) is 0 Å². The summed E-state index contributed by atoms with van der Waals surface area (Å²) in [5, 5.41) is 1.98. The van der Waals surface area contributed by atoms with Crippen molar-refractivity contribution in [3.05, 3.63) is 0 Å². The number of nitrogens with one attached hydrogen (secondary N) is 1. The smallest absolute Gasteiger partial charge is 0.303 e. The summed E-state index contributed by atoms with van der Waals surface area (Å²) < 4.78 is 0. The zero-order valence-corrected chi connectivity index (χ0v) is 9.07. The van der Waals surface area contributed by atoms with Crippen LogP contribution in [0.15, 0.2) is 0 Å². The minimum absolute atomic E-state index is 0.326. The first kappa shape index (κ1) is 11.1. The molecule has 0 unspecified atom stereocenters. The summed E-state index contributed by atoms with van der Waals surface area (Å²) in [7, 11) is 0. The Bertz CT molecular complexity index is 323. The molecule has 4 amide bonds. The van der Waals surface area contributed by atoms with Crippen molar-refractivity contribution in [2.45, 2.75) is 19.3 Å². The van der Waals surface area contributed by atoms with Crippen LogP contribution in [-0.2, 0) is 9.59 Å². The number of carbonyl (C=O) groups excluding carboxylic acids is 3. The Labute approximate surface area is 93.6 Å². The van der Waals surface area contributed by atoms with Crippen LogP contribution in [0.25, 0.3) is 0 Å². The first-order valence-corrected chi connectivity index (χ1v) is 5.57. The zero-order valence-electron chi connectivity index (χ0n) is 9.07. The second-order valence-corrected chi connectivity index (χ2v) is 4.12. The van der Waals surface area contributed by atoms with Gasteiger partial charge in [0, 0.05) is 6.54 Å². The lowest BCUT2D eigenvalue weighted by Crippen LogP contribution is -2.34. The minimum atomic E-state index is -0.814. The molecule has 0 radical (unpaired) electrons. The summed E-state index contributed by atoms with van der Waals surface area (Å²) in [4.78, 5) is 36.6. The number of nitrogens with zero attached hydrogens (tertiary/aromatic N) is 2. The Balaban J connectivity index is 1.75. The SMILES string of the molecule is O=C1NC(=O)N(CCCN2CCCC2)C1=O. The van der Waals surface area contributed by atoms with Crippen LogP contribution >= 0.6 is 0 Å². The van der Waals surface area contributed by atoms with Crippen LogP contribution in [0.2, 0.25) is 0 Å². The van der Waals surface area contributed by atoms with Crippen molar-refractivity contribution in [3.8, 4) is 0 Å². The van der Waals surface area contributed by atoms with Crippen molar-refractivity contribution in [2.75, 3.05) is 26.2 Å². The van der Waals surface area contributed by atoms with Crippen molar-refractivity contribution < 1.29 is 14.4 Å². The molecule has 1 N–H and O–H groups in total. The number of rotatable bonds is 4. The molecule has 0 aromatic rings. The summed E-state index contributed by atoms with van der Waals surface area (Å²) in [6, 6.07) is -0.587. The lowest BCUT2D eigenvalue weighted by molar-refractivity contribution is -0.140. The molecule has 2 rings (SSSR count). The fourth-order valence-electron chi connectivity index (χ4n) is 2.09. The van der Waals surface area contributed by atoms with Gasteiger partial charge in [-0.3, -0.25) is 19.8 Å². The molecule has 0 aliphatic carbocycles. The molecule has 2 aliphatic heterocycles. The topological polar surface area (TPSA) is 69.7 Å². The molecule has 6 heteroatoms. The molecule has 2 heterocycles. The summed E-state index contributed by atoms with van der Waals surface area (Å²) in [5.41, 5.74) is 0. The van der Waals surface area contributed by atoms with E-state index in [0.717, 1.165) is 31.0 Å². The molecule has 0 bridgehead atoms. The number of hydrogen-bond donors (Lipinski definition) is 1. The van der Waals surface area contributed by atoms with Crippen LogP contribution in [0.4, 0.5) is 4.79 Å². The Morgan fingerprint density at radius 1 is 1.06 bits per heavy atom. The van der Waals surface area contributed by atoms with E-state index in [1.807, 2.05) is 5.32 Å². The van der Waals surface area contributed by atoms with Crippen LogP contribution in [0.5, 0.6) is 0 Å². The number of urea groups is 1. The third-order valence-electron chi connectivity index (χ3n) is 2.96. The molecule has 16 heavy (non-hydrogen) atoms. The van der Waals surface area contributed by atoms with Gasteiger partial charge in [-0.05, 0) is 38.9 Å². The Kier molecular flexibility index (Phi) is 3.19. The fraction of sp³-hybridized carbons (Fsp3) is 0.700. The van der Waals surface area contributed by atoms with Crippen molar-refractivity contribution >= 4 is 17.8 Å². The maximum absolute atomic E-state index is 11.2. The Morgan fingerprint density at radius 2 is 1.75 bits per heavy atom. The van der Waals surface area contributed by atoms with Crippen LogP contribution in [0.3, 0.4) is 0 Å². The predicted molar refractivity (Wildman–Crippen MR) is 55.5 cm³/mol. The maximum atomic E-state index is 11.2. The number of imide groups is 2. The van der Waals surface area contributed by atoms with E-state index in [-0.39, 0.29) is 0 Å². The highest BCUT2D eigenvalue weighted by Crippen LogP contribution is 2.08. The van der Waals surface area contributed by atoms with Gasteiger partial charge in [-0.25, -0.2) is 4.79 Å².